The van der Waals surface area contributed by atoms with E-state index in [2.05, 4.69) is 35.2 Å². The van der Waals surface area contributed by atoms with E-state index in [0.29, 0.717) is 30.6 Å². The molecular weight excluding hydrogens is 344 g/mol. The van der Waals surface area contributed by atoms with Crippen molar-refractivity contribution in [2.45, 2.75) is 64.0 Å². The van der Waals surface area contributed by atoms with Crippen LogP contribution >= 0.6 is 0 Å². The minimum absolute atomic E-state index is 0.219. The molecule has 2 saturated heterocycles. The first kappa shape index (κ1) is 18.5. The monoisotopic (exact) mass is 376 g/mol. The van der Waals surface area contributed by atoms with Crippen molar-refractivity contribution in [3.8, 4) is 0 Å². The first-order valence-electron chi connectivity index (χ1n) is 10.3. The summed E-state index contributed by atoms with van der Waals surface area (Å²) in [4.78, 5) is 2.70. The first-order chi connectivity index (χ1) is 12.6. The molecule has 3 fully saturated rings. The Morgan fingerprint density at radius 2 is 1.69 bits per heavy atom. The molecule has 1 aromatic rings. The standard InChI is InChI=1S/C21H32N2O2S/c1-2-26(24,25)22-15-11-19(12-16-22)23-17-21(13-7-4-8-14-21)20(23)18-9-5-3-6-10-18/h3,5-6,9-10,19-20H,2,4,7-8,11-17H2,1H3. The van der Waals surface area contributed by atoms with Crippen molar-refractivity contribution in [1.82, 2.24) is 9.21 Å². The van der Waals surface area contributed by atoms with Crippen molar-refractivity contribution in [2.75, 3.05) is 25.4 Å². The lowest BCUT2D eigenvalue weighted by Crippen LogP contribution is -2.63. The number of benzene rings is 1. The molecule has 1 spiro atoms. The van der Waals surface area contributed by atoms with Gasteiger partial charge in [-0.3, -0.25) is 4.90 Å². The highest BCUT2D eigenvalue weighted by Crippen LogP contribution is 2.58. The smallest absolute Gasteiger partial charge is 0.213 e. The average molecular weight is 377 g/mol. The van der Waals surface area contributed by atoms with Crippen LogP contribution in [0.4, 0.5) is 0 Å². The van der Waals surface area contributed by atoms with Gasteiger partial charge in [0.1, 0.15) is 0 Å². The maximum absolute atomic E-state index is 12.2. The third-order valence-corrected chi connectivity index (χ3v) is 8.91. The van der Waals surface area contributed by atoms with Crippen LogP contribution in [0.3, 0.4) is 0 Å². The summed E-state index contributed by atoms with van der Waals surface area (Å²) in [6, 6.07) is 12.1. The van der Waals surface area contributed by atoms with E-state index >= 15 is 0 Å². The van der Waals surface area contributed by atoms with Crippen LogP contribution in [0.2, 0.25) is 0 Å². The molecule has 3 aliphatic rings. The number of rotatable bonds is 4. The fourth-order valence-corrected chi connectivity index (χ4v) is 6.76. The number of hydrogen-bond acceptors (Lipinski definition) is 3. The number of likely N-dealkylation sites (tertiary alicyclic amines) is 1. The van der Waals surface area contributed by atoms with Crippen LogP contribution in [0.15, 0.2) is 30.3 Å². The summed E-state index contributed by atoms with van der Waals surface area (Å²) in [5, 5.41) is 0. The van der Waals surface area contributed by atoms with Gasteiger partial charge < -0.3 is 0 Å². The van der Waals surface area contributed by atoms with Crippen LogP contribution in [-0.2, 0) is 10.0 Å². The van der Waals surface area contributed by atoms with E-state index in [0.717, 1.165) is 12.8 Å². The van der Waals surface area contributed by atoms with Gasteiger partial charge in [-0.15, -0.1) is 0 Å². The fraction of sp³-hybridized carbons (Fsp3) is 0.714. The molecule has 0 bridgehead atoms. The molecule has 144 valence electrons. The third kappa shape index (κ3) is 3.23. The zero-order chi connectivity index (χ0) is 18.2. The van der Waals surface area contributed by atoms with Gasteiger partial charge >= 0.3 is 0 Å². The second-order valence-electron chi connectivity index (χ2n) is 8.44. The Labute approximate surface area is 158 Å². The van der Waals surface area contributed by atoms with Crippen LogP contribution in [0.25, 0.3) is 0 Å². The van der Waals surface area contributed by atoms with Gasteiger partial charge in [0.15, 0.2) is 0 Å². The molecule has 5 heteroatoms. The molecule has 26 heavy (non-hydrogen) atoms. The van der Waals surface area contributed by atoms with Crippen LogP contribution in [0.1, 0.15) is 63.5 Å². The highest BCUT2D eigenvalue weighted by atomic mass is 32.2. The molecule has 0 N–H and O–H groups in total. The molecule has 1 unspecified atom stereocenters. The predicted molar refractivity (Wildman–Crippen MR) is 105 cm³/mol. The number of hydrogen-bond donors (Lipinski definition) is 0. The summed E-state index contributed by atoms with van der Waals surface area (Å²) in [6.07, 6.45) is 8.76. The second-order valence-corrected chi connectivity index (χ2v) is 10.7. The minimum atomic E-state index is -3.04. The van der Waals surface area contributed by atoms with Crippen LogP contribution < -0.4 is 0 Å². The van der Waals surface area contributed by atoms with Gasteiger partial charge in [-0.1, -0.05) is 49.6 Å². The Kier molecular flexibility index (Phi) is 5.15. The lowest BCUT2D eigenvalue weighted by Gasteiger charge is -2.63. The minimum Gasteiger partial charge on any atom is -0.292 e. The summed E-state index contributed by atoms with van der Waals surface area (Å²) in [5.74, 6) is 0.219. The van der Waals surface area contributed by atoms with E-state index in [-0.39, 0.29) is 5.75 Å². The van der Waals surface area contributed by atoms with Crippen molar-refractivity contribution in [2.24, 2.45) is 5.41 Å². The number of nitrogens with zero attached hydrogens (tertiary/aromatic N) is 2. The summed E-state index contributed by atoms with van der Waals surface area (Å²) in [5.41, 5.74) is 1.93. The van der Waals surface area contributed by atoms with Crippen LogP contribution in [0, 0.1) is 5.41 Å². The first-order valence-corrected chi connectivity index (χ1v) is 12.0. The zero-order valence-corrected chi connectivity index (χ0v) is 16.8. The van der Waals surface area contributed by atoms with Crippen molar-refractivity contribution >= 4 is 10.0 Å². The molecule has 1 aromatic carbocycles. The molecule has 1 atom stereocenters. The lowest BCUT2D eigenvalue weighted by molar-refractivity contribution is -0.131. The van der Waals surface area contributed by atoms with Crippen LogP contribution in [-0.4, -0.2) is 49.1 Å². The summed E-state index contributed by atoms with van der Waals surface area (Å²) < 4.78 is 26.0. The van der Waals surface area contributed by atoms with Crippen LogP contribution in [0.5, 0.6) is 0 Å². The highest BCUT2D eigenvalue weighted by Gasteiger charge is 2.55. The molecule has 4 rings (SSSR count). The Hall–Kier alpha value is -0.910. The molecular formula is C21H32N2O2S. The maximum atomic E-state index is 12.2. The third-order valence-electron chi connectivity index (χ3n) is 7.02. The van der Waals surface area contributed by atoms with E-state index in [1.807, 2.05) is 0 Å². The van der Waals surface area contributed by atoms with E-state index in [4.69, 9.17) is 0 Å². The molecule has 0 radical (unpaired) electrons. The Morgan fingerprint density at radius 1 is 1.04 bits per heavy atom. The SMILES string of the molecule is CCS(=O)(=O)N1CCC(N2CC3(CCCCC3)C2c2ccccc2)CC1. The largest absolute Gasteiger partial charge is 0.292 e. The Morgan fingerprint density at radius 3 is 2.31 bits per heavy atom. The summed E-state index contributed by atoms with van der Waals surface area (Å²) in [7, 11) is -3.04. The van der Waals surface area contributed by atoms with Gasteiger partial charge in [-0.05, 0) is 38.2 Å². The van der Waals surface area contributed by atoms with Gasteiger partial charge in [-0.2, -0.15) is 0 Å². The van der Waals surface area contributed by atoms with Gasteiger partial charge in [0.2, 0.25) is 10.0 Å². The second kappa shape index (κ2) is 7.25. The van der Waals surface area contributed by atoms with Gasteiger partial charge in [0, 0.05) is 37.1 Å². The predicted octanol–water partition coefficient (Wildman–Crippen LogP) is 3.81. The molecule has 1 saturated carbocycles. The van der Waals surface area contributed by atoms with Crippen molar-refractivity contribution < 1.29 is 8.42 Å². The molecule has 1 aliphatic carbocycles. The fourth-order valence-electron chi connectivity index (χ4n) is 5.62. The maximum Gasteiger partial charge on any atom is 0.213 e. The van der Waals surface area contributed by atoms with E-state index in [9.17, 15) is 8.42 Å². The van der Waals surface area contributed by atoms with Crippen molar-refractivity contribution in [3.05, 3.63) is 35.9 Å². The average Bonchev–Trinajstić information content (AvgIpc) is 2.68. The normalized spacial score (nSPS) is 28.1. The van der Waals surface area contributed by atoms with Gasteiger partial charge in [-0.25, -0.2) is 12.7 Å². The van der Waals surface area contributed by atoms with E-state index < -0.39 is 10.0 Å². The van der Waals surface area contributed by atoms with Crippen molar-refractivity contribution in [1.29, 1.82) is 0 Å². The summed E-state index contributed by atoms with van der Waals surface area (Å²) in [6.45, 7) is 4.32. The van der Waals surface area contributed by atoms with E-state index in [1.165, 1.54) is 44.2 Å². The molecule has 2 heterocycles. The van der Waals surface area contributed by atoms with E-state index in [1.54, 1.807) is 11.2 Å². The Bertz CT molecular complexity index is 705. The molecule has 0 aromatic heterocycles. The van der Waals surface area contributed by atoms with Gasteiger partial charge in [0.05, 0.1) is 5.75 Å². The lowest BCUT2D eigenvalue weighted by atomic mass is 9.60. The molecule has 0 amide bonds. The highest BCUT2D eigenvalue weighted by molar-refractivity contribution is 7.89. The molecule has 4 nitrogen and oxygen atoms in total. The van der Waals surface area contributed by atoms with Gasteiger partial charge in [0.25, 0.3) is 0 Å². The number of piperidine rings is 1. The quantitative estimate of drug-likeness (QED) is 0.802. The topological polar surface area (TPSA) is 40.6 Å². The number of sulfonamides is 1. The molecule has 2 aliphatic heterocycles. The summed E-state index contributed by atoms with van der Waals surface area (Å²) >= 11 is 0. The zero-order valence-electron chi connectivity index (χ0n) is 15.9. The Balaban J connectivity index is 1.50. The van der Waals surface area contributed by atoms with Crippen molar-refractivity contribution in [3.63, 3.8) is 0 Å².